The summed E-state index contributed by atoms with van der Waals surface area (Å²) in [6.07, 6.45) is 1.16. The molecule has 0 amide bonds. The largest absolute Gasteiger partial charge is 0.493 e. The van der Waals surface area contributed by atoms with Gasteiger partial charge < -0.3 is 10.1 Å². The number of benzene rings is 1. The van der Waals surface area contributed by atoms with E-state index in [9.17, 15) is 0 Å². The fourth-order valence-corrected chi connectivity index (χ4v) is 1.98. The topological polar surface area (TPSA) is 21.3 Å². The van der Waals surface area contributed by atoms with Crippen molar-refractivity contribution in [1.82, 2.24) is 5.32 Å². The first-order valence-corrected chi connectivity index (χ1v) is 7.02. The van der Waals surface area contributed by atoms with Gasteiger partial charge >= 0.3 is 0 Å². The lowest BCUT2D eigenvalue weighted by molar-refractivity contribution is 0.253. The average molecular weight is 249 g/mol. The van der Waals surface area contributed by atoms with E-state index in [4.69, 9.17) is 4.74 Å². The SMILES string of the molecule is CCNCc1cc(C)c(OCC(C)CC)c(C)c1. The Morgan fingerprint density at radius 2 is 1.78 bits per heavy atom. The van der Waals surface area contributed by atoms with Crippen molar-refractivity contribution < 1.29 is 4.74 Å². The van der Waals surface area contributed by atoms with Crippen molar-refractivity contribution in [2.24, 2.45) is 5.92 Å². The minimum Gasteiger partial charge on any atom is -0.493 e. The smallest absolute Gasteiger partial charge is 0.125 e. The van der Waals surface area contributed by atoms with Gasteiger partial charge in [-0.3, -0.25) is 0 Å². The van der Waals surface area contributed by atoms with Gasteiger partial charge in [-0.1, -0.05) is 39.3 Å². The number of rotatable bonds is 7. The minimum absolute atomic E-state index is 0.616. The maximum absolute atomic E-state index is 5.96. The van der Waals surface area contributed by atoms with Crippen LogP contribution in [0.3, 0.4) is 0 Å². The highest BCUT2D eigenvalue weighted by Crippen LogP contribution is 2.25. The molecule has 1 rings (SSSR count). The molecule has 0 radical (unpaired) electrons. The van der Waals surface area contributed by atoms with Crippen LogP contribution in [0.25, 0.3) is 0 Å². The van der Waals surface area contributed by atoms with Crippen LogP contribution in [0.2, 0.25) is 0 Å². The van der Waals surface area contributed by atoms with Crippen molar-refractivity contribution in [3.8, 4) is 5.75 Å². The zero-order valence-corrected chi connectivity index (χ0v) is 12.5. The first kappa shape index (κ1) is 15.0. The molecule has 1 aromatic carbocycles. The Hall–Kier alpha value is -1.02. The molecule has 0 aliphatic rings. The van der Waals surface area contributed by atoms with E-state index in [1.54, 1.807) is 0 Å². The van der Waals surface area contributed by atoms with E-state index in [1.165, 1.54) is 16.7 Å². The predicted octanol–water partition coefficient (Wildman–Crippen LogP) is 3.84. The van der Waals surface area contributed by atoms with Crippen molar-refractivity contribution in [1.29, 1.82) is 0 Å². The highest BCUT2D eigenvalue weighted by atomic mass is 16.5. The van der Waals surface area contributed by atoms with E-state index in [2.05, 4.69) is 52.1 Å². The van der Waals surface area contributed by atoms with Gasteiger partial charge in [0.15, 0.2) is 0 Å². The third-order valence-electron chi connectivity index (χ3n) is 3.31. The van der Waals surface area contributed by atoms with Crippen molar-refractivity contribution >= 4 is 0 Å². The molecule has 1 atom stereocenters. The van der Waals surface area contributed by atoms with E-state index >= 15 is 0 Å². The first-order chi connectivity index (χ1) is 8.58. The lowest BCUT2D eigenvalue weighted by Gasteiger charge is -2.16. The molecule has 0 aliphatic heterocycles. The molecule has 0 saturated heterocycles. The Morgan fingerprint density at radius 3 is 2.28 bits per heavy atom. The van der Waals surface area contributed by atoms with E-state index in [-0.39, 0.29) is 0 Å². The molecule has 0 spiro atoms. The Balaban J connectivity index is 2.74. The van der Waals surface area contributed by atoms with Crippen molar-refractivity contribution in [2.45, 2.75) is 47.6 Å². The van der Waals surface area contributed by atoms with Gasteiger partial charge in [0, 0.05) is 6.54 Å². The standard InChI is InChI=1S/C16H27NO/c1-6-12(3)11-18-16-13(4)8-15(9-14(16)5)10-17-7-2/h8-9,12,17H,6-7,10-11H2,1-5H3. The predicted molar refractivity (Wildman–Crippen MR) is 78.2 cm³/mol. The van der Waals surface area contributed by atoms with Gasteiger partial charge in [0.2, 0.25) is 0 Å². The van der Waals surface area contributed by atoms with Crippen LogP contribution in [0, 0.1) is 19.8 Å². The summed E-state index contributed by atoms with van der Waals surface area (Å²) in [4.78, 5) is 0. The second-order valence-corrected chi connectivity index (χ2v) is 5.16. The zero-order chi connectivity index (χ0) is 13.5. The molecule has 0 bridgehead atoms. The van der Waals surface area contributed by atoms with Gasteiger partial charge in [-0.25, -0.2) is 0 Å². The molecule has 2 nitrogen and oxygen atoms in total. The van der Waals surface area contributed by atoms with Gasteiger partial charge in [0.25, 0.3) is 0 Å². The maximum Gasteiger partial charge on any atom is 0.125 e. The summed E-state index contributed by atoms with van der Waals surface area (Å²) >= 11 is 0. The summed E-state index contributed by atoms with van der Waals surface area (Å²) in [7, 11) is 0. The lowest BCUT2D eigenvalue weighted by atomic mass is 10.1. The van der Waals surface area contributed by atoms with Crippen LogP contribution < -0.4 is 10.1 Å². The molecule has 2 heteroatoms. The third-order valence-corrected chi connectivity index (χ3v) is 3.31. The highest BCUT2D eigenvalue weighted by Gasteiger charge is 2.08. The van der Waals surface area contributed by atoms with Crippen molar-refractivity contribution in [3.05, 3.63) is 28.8 Å². The summed E-state index contributed by atoms with van der Waals surface area (Å²) < 4.78 is 5.96. The van der Waals surface area contributed by atoms with Crippen LogP contribution in [0.15, 0.2) is 12.1 Å². The quantitative estimate of drug-likeness (QED) is 0.793. The zero-order valence-electron chi connectivity index (χ0n) is 12.5. The van der Waals surface area contributed by atoms with Crippen molar-refractivity contribution in [2.75, 3.05) is 13.2 Å². The number of hydrogen-bond donors (Lipinski definition) is 1. The number of nitrogens with one attached hydrogen (secondary N) is 1. The summed E-state index contributed by atoms with van der Waals surface area (Å²) in [5.74, 6) is 1.68. The number of aryl methyl sites for hydroxylation is 2. The number of hydrogen-bond acceptors (Lipinski definition) is 2. The Morgan fingerprint density at radius 1 is 1.17 bits per heavy atom. The van der Waals surface area contributed by atoms with Gasteiger partial charge in [0.05, 0.1) is 6.61 Å². The van der Waals surface area contributed by atoms with Crippen LogP contribution in [0.1, 0.15) is 43.9 Å². The van der Waals surface area contributed by atoms with Gasteiger partial charge in [-0.2, -0.15) is 0 Å². The third kappa shape index (κ3) is 4.34. The van der Waals surface area contributed by atoms with Crippen LogP contribution in [-0.2, 0) is 6.54 Å². The Kier molecular flexibility index (Phi) is 6.20. The molecule has 1 N–H and O–H groups in total. The maximum atomic E-state index is 5.96. The molecule has 18 heavy (non-hydrogen) atoms. The average Bonchev–Trinajstić information content (AvgIpc) is 2.34. The minimum atomic E-state index is 0.616. The summed E-state index contributed by atoms with van der Waals surface area (Å²) in [5.41, 5.74) is 3.82. The second kappa shape index (κ2) is 7.42. The summed E-state index contributed by atoms with van der Waals surface area (Å²) in [6.45, 7) is 13.6. The molecular formula is C16H27NO. The van der Waals surface area contributed by atoms with Gasteiger partial charge in [0.1, 0.15) is 5.75 Å². The molecule has 1 aromatic rings. The van der Waals surface area contributed by atoms with Gasteiger partial charge in [-0.05, 0) is 43.0 Å². The molecular weight excluding hydrogens is 222 g/mol. The van der Waals surface area contributed by atoms with E-state index in [0.29, 0.717) is 5.92 Å². The molecule has 102 valence electrons. The van der Waals surface area contributed by atoms with E-state index in [1.807, 2.05) is 0 Å². The van der Waals surface area contributed by atoms with Crippen LogP contribution >= 0.6 is 0 Å². The summed E-state index contributed by atoms with van der Waals surface area (Å²) in [5, 5.41) is 3.36. The van der Waals surface area contributed by atoms with Crippen molar-refractivity contribution in [3.63, 3.8) is 0 Å². The van der Waals surface area contributed by atoms with Crippen LogP contribution in [0.5, 0.6) is 5.75 Å². The fourth-order valence-electron chi connectivity index (χ4n) is 1.98. The van der Waals surface area contributed by atoms with Gasteiger partial charge in [-0.15, -0.1) is 0 Å². The van der Waals surface area contributed by atoms with Crippen LogP contribution in [0.4, 0.5) is 0 Å². The Bertz CT molecular complexity index is 350. The van der Waals surface area contributed by atoms with E-state index in [0.717, 1.165) is 31.9 Å². The first-order valence-electron chi connectivity index (χ1n) is 7.02. The molecule has 0 aliphatic carbocycles. The second-order valence-electron chi connectivity index (χ2n) is 5.16. The lowest BCUT2D eigenvalue weighted by Crippen LogP contribution is -2.13. The molecule has 0 heterocycles. The highest BCUT2D eigenvalue weighted by molar-refractivity contribution is 5.43. The number of ether oxygens (including phenoxy) is 1. The molecule has 0 fully saturated rings. The Labute approximate surface area is 112 Å². The van der Waals surface area contributed by atoms with E-state index < -0.39 is 0 Å². The molecule has 0 saturated carbocycles. The summed E-state index contributed by atoms with van der Waals surface area (Å²) in [6, 6.07) is 4.45. The monoisotopic (exact) mass is 249 g/mol. The molecule has 1 unspecified atom stereocenters. The normalized spacial score (nSPS) is 12.5. The molecule has 0 aromatic heterocycles. The van der Waals surface area contributed by atoms with Crippen LogP contribution in [-0.4, -0.2) is 13.2 Å². The fraction of sp³-hybridized carbons (Fsp3) is 0.625.